The van der Waals surface area contributed by atoms with E-state index >= 15 is 0 Å². The number of alkyl halides is 3. The van der Waals surface area contributed by atoms with Crippen LogP contribution in [0.2, 0.25) is 0 Å². The summed E-state index contributed by atoms with van der Waals surface area (Å²) in [5.74, 6) is -2.08. The number of carbonyl (C=O) groups is 2. The van der Waals surface area contributed by atoms with Gasteiger partial charge in [-0.1, -0.05) is 32.1 Å². The second-order valence-corrected chi connectivity index (χ2v) is 9.55. The average Bonchev–Trinajstić information content (AvgIpc) is 3.45. The van der Waals surface area contributed by atoms with E-state index in [9.17, 15) is 27.2 Å². The van der Waals surface area contributed by atoms with Crippen molar-refractivity contribution < 1.29 is 27.2 Å². The zero-order chi connectivity index (χ0) is 26.5. The van der Waals surface area contributed by atoms with Crippen LogP contribution in [-0.2, 0) is 11.0 Å². The first-order valence-corrected chi connectivity index (χ1v) is 11.5. The molecule has 37 heavy (non-hydrogen) atoms. The van der Waals surface area contributed by atoms with Gasteiger partial charge in [0.2, 0.25) is 5.91 Å². The fourth-order valence-electron chi connectivity index (χ4n) is 5.10. The Hall–Kier alpha value is -4.21. The normalized spacial score (nSPS) is 20.5. The molecule has 190 valence electrons. The number of hydrogen-bond donors (Lipinski definition) is 2. The number of hydrogen-bond acceptors (Lipinski definition) is 3. The zero-order valence-electron chi connectivity index (χ0n) is 19.8. The van der Waals surface area contributed by atoms with Gasteiger partial charge >= 0.3 is 6.18 Å². The van der Waals surface area contributed by atoms with Crippen molar-refractivity contribution in [1.29, 1.82) is 0 Å². The highest BCUT2D eigenvalue weighted by Gasteiger charge is 2.54. The molecule has 6 nitrogen and oxygen atoms in total. The number of nitrogens with zero attached hydrogens (tertiary/aromatic N) is 2. The third-order valence-electron chi connectivity index (χ3n) is 6.86. The monoisotopic (exact) mass is 510 g/mol. The van der Waals surface area contributed by atoms with E-state index in [0.717, 1.165) is 18.2 Å². The van der Waals surface area contributed by atoms with Crippen LogP contribution in [0.5, 0.6) is 0 Å². The number of halogens is 4. The Labute approximate surface area is 209 Å². The molecule has 2 N–H and O–H groups in total. The first-order chi connectivity index (χ1) is 17.5. The lowest BCUT2D eigenvalue weighted by Gasteiger charge is -2.32. The number of fused-ring (bicyclic) bond motifs is 1. The third kappa shape index (κ3) is 4.22. The van der Waals surface area contributed by atoms with E-state index in [-0.39, 0.29) is 11.6 Å². The number of H-pyrrole nitrogens is 1. The molecule has 0 saturated carbocycles. The molecule has 1 aromatic heterocycles. The van der Waals surface area contributed by atoms with Crippen molar-refractivity contribution in [1.82, 2.24) is 10.2 Å². The molecule has 1 aliphatic heterocycles. The molecule has 1 saturated heterocycles. The summed E-state index contributed by atoms with van der Waals surface area (Å²) in [6.07, 6.45) is 2.14. The minimum absolute atomic E-state index is 0.158. The van der Waals surface area contributed by atoms with Crippen LogP contribution in [0.25, 0.3) is 0 Å². The maximum absolute atomic E-state index is 13.9. The predicted octanol–water partition coefficient (Wildman–Crippen LogP) is 6.05. The Kier molecular flexibility index (Phi) is 5.77. The molecule has 0 spiro atoms. The highest BCUT2D eigenvalue weighted by atomic mass is 19.4. The molecule has 0 bridgehead atoms. The number of aromatic nitrogens is 2. The molecule has 2 heterocycles. The van der Waals surface area contributed by atoms with Crippen LogP contribution >= 0.6 is 0 Å². The van der Waals surface area contributed by atoms with E-state index in [1.54, 1.807) is 37.0 Å². The van der Waals surface area contributed by atoms with Gasteiger partial charge < -0.3 is 5.32 Å². The minimum atomic E-state index is -4.78. The summed E-state index contributed by atoms with van der Waals surface area (Å²) in [6, 6.07) is 9.85. The van der Waals surface area contributed by atoms with Crippen LogP contribution in [-0.4, -0.2) is 22.0 Å². The summed E-state index contributed by atoms with van der Waals surface area (Å²) in [4.78, 5) is 28.0. The predicted molar refractivity (Wildman–Crippen MR) is 129 cm³/mol. The van der Waals surface area contributed by atoms with E-state index in [4.69, 9.17) is 0 Å². The number of carbonyl (C=O) groups excluding carboxylic acids is 2. The van der Waals surface area contributed by atoms with Gasteiger partial charge in [-0.25, -0.2) is 4.39 Å². The van der Waals surface area contributed by atoms with Gasteiger partial charge in [-0.3, -0.25) is 19.6 Å². The largest absolute Gasteiger partial charge is 0.417 e. The number of amides is 2. The van der Waals surface area contributed by atoms with E-state index in [0.29, 0.717) is 17.1 Å². The second kappa shape index (κ2) is 8.72. The second-order valence-electron chi connectivity index (χ2n) is 9.55. The summed E-state index contributed by atoms with van der Waals surface area (Å²) >= 11 is 0. The van der Waals surface area contributed by atoms with Gasteiger partial charge in [0.25, 0.3) is 5.91 Å². The van der Waals surface area contributed by atoms with E-state index < -0.39 is 46.3 Å². The average molecular weight is 510 g/mol. The van der Waals surface area contributed by atoms with Crippen molar-refractivity contribution in [2.45, 2.75) is 25.9 Å². The van der Waals surface area contributed by atoms with Crippen LogP contribution in [0.15, 0.2) is 78.7 Å². The summed E-state index contributed by atoms with van der Waals surface area (Å²) < 4.78 is 54.8. The van der Waals surface area contributed by atoms with Crippen molar-refractivity contribution in [3.63, 3.8) is 0 Å². The van der Waals surface area contributed by atoms with Gasteiger partial charge in [-0.05, 0) is 48.0 Å². The molecular formula is C27H22F4N4O2. The van der Waals surface area contributed by atoms with E-state index in [1.807, 2.05) is 6.08 Å². The highest BCUT2D eigenvalue weighted by molar-refractivity contribution is 6.06. The molecule has 3 aromatic rings. The SMILES string of the molecule is CC1(C)C(=O)N(c2ccn[nH]2)C2=CC=CC(c3ccc(C(F)(F)F)c(C(=O)Nc4ccc(F)cc4)c3)C21. The molecule has 2 aromatic carbocycles. The van der Waals surface area contributed by atoms with Crippen LogP contribution < -0.4 is 10.2 Å². The summed E-state index contributed by atoms with van der Waals surface area (Å²) in [5, 5.41) is 9.14. The van der Waals surface area contributed by atoms with Gasteiger partial charge in [0.15, 0.2) is 0 Å². The first-order valence-electron chi connectivity index (χ1n) is 11.5. The lowest BCUT2D eigenvalue weighted by atomic mass is 9.68. The number of rotatable bonds is 4. The molecule has 1 aliphatic carbocycles. The van der Waals surface area contributed by atoms with Gasteiger partial charge in [0.05, 0.1) is 22.7 Å². The Morgan fingerprint density at radius 2 is 1.84 bits per heavy atom. The van der Waals surface area contributed by atoms with Crippen LogP contribution in [0.4, 0.5) is 29.1 Å². The maximum Gasteiger partial charge on any atom is 0.417 e. The molecule has 1 fully saturated rings. The van der Waals surface area contributed by atoms with Crippen molar-refractivity contribution >= 4 is 23.3 Å². The minimum Gasteiger partial charge on any atom is -0.322 e. The van der Waals surface area contributed by atoms with Gasteiger partial charge in [0.1, 0.15) is 11.6 Å². The van der Waals surface area contributed by atoms with Crippen molar-refractivity contribution in [3.8, 4) is 0 Å². The lowest BCUT2D eigenvalue weighted by Crippen LogP contribution is -2.33. The smallest absolute Gasteiger partial charge is 0.322 e. The third-order valence-corrected chi connectivity index (χ3v) is 6.86. The van der Waals surface area contributed by atoms with Crippen LogP contribution in [0.3, 0.4) is 0 Å². The summed E-state index contributed by atoms with van der Waals surface area (Å²) in [6.45, 7) is 3.59. The number of allylic oxidation sites excluding steroid dienone is 4. The topological polar surface area (TPSA) is 78.1 Å². The highest BCUT2D eigenvalue weighted by Crippen LogP contribution is 2.53. The Morgan fingerprint density at radius 3 is 2.49 bits per heavy atom. The Morgan fingerprint density at radius 1 is 1.11 bits per heavy atom. The van der Waals surface area contributed by atoms with Crippen molar-refractivity contribution in [3.05, 3.63) is 101 Å². The Bertz CT molecular complexity index is 1420. The van der Waals surface area contributed by atoms with Gasteiger partial charge in [-0.2, -0.15) is 18.3 Å². The van der Waals surface area contributed by atoms with E-state index in [2.05, 4.69) is 15.5 Å². The molecule has 0 radical (unpaired) electrons. The number of aromatic amines is 1. The van der Waals surface area contributed by atoms with Gasteiger partial charge in [0, 0.05) is 29.3 Å². The van der Waals surface area contributed by atoms with Crippen molar-refractivity contribution in [2.75, 3.05) is 10.2 Å². The number of benzene rings is 2. The van der Waals surface area contributed by atoms with Crippen molar-refractivity contribution in [2.24, 2.45) is 11.3 Å². The van der Waals surface area contributed by atoms with Crippen LogP contribution in [0, 0.1) is 17.2 Å². The fourth-order valence-corrected chi connectivity index (χ4v) is 5.10. The molecule has 2 unspecified atom stereocenters. The number of nitrogens with one attached hydrogen (secondary N) is 2. The Balaban J connectivity index is 1.55. The molecule has 10 heteroatoms. The standard InChI is InChI=1S/C27H22F4N4O2/c1-26(2)23-18(4-3-5-21(23)35(25(26)37)22-12-13-32-34-22)15-6-11-20(27(29,30)31)19(14-15)24(36)33-17-9-7-16(28)8-10-17/h3-14,18,23H,1-2H3,(H,32,34)(H,33,36). The quantitative estimate of drug-likeness (QED) is 0.420. The van der Waals surface area contributed by atoms with Gasteiger partial charge in [-0.15, -0.1) is 0 Å². The van der Waals surface area contributed by atoms with E-state index in [1.165, 1.54) is 30.5 Å². The number of anilines is 2. The molecular weight excluding hydrogens is 488 g/mol. The van der Waals surface area contributed by atoms with Crippen LogP contribution in [0.1, 0.15) is 41.3 Å². The maximum atomic E-state index is 13.9. The molecule has 2 atom stereocenters. The summed E-state index contributed by atoms with van der Waals surface area (Å²) in [5.41, 5.74) is -1.25. The molecule has 5 rings (SSSR count). The molecule has 2 aliphatic rings. The first kappa shape index (κ1) is 24.5. The zero-order valence-corrected chi connectivity index (χ0v) is 19.8. The summed E-state index contributed by atoms with van der Waals surface area (Å²) in [7, 11) is 0. The fraction of sp³-hybridized carbons (Fsp3) is 0.222. The molecule has 2 amide bonds. The lowest BCUT2D eigenvalue weighted by molar-refractivity contribution is -0.137.